The van der Waals surface area contributed by atoms with Crippen molar-refractivity contribution in [3.8, 4) is 5.75 Å². The number of likely N-dealkylation sites (N-methyl/N-ethyl adjacent to an activating group) is 1. The summed E-state index contributed by atoms with van der Waals surface area (Å²) in [7, 11) is 3.85. The molecule has 2 aliphatic heterocycles. The van der Waals surface area contributed by atoms with Gasteiger partial charge in [0, 0.05) is 64.6 Å². The number of carbonyl (C=O) groups is 1. The highest BCUT2D eigenvalue weighted by atomic mass is 16.5. The third-order valence-corrected chi connectivity index (χ3v) is 7.51. The number of urea groups is 1. The molecule has 0 aromatic heterocycles. The number of fused-ring (bicyclic) bond motifs is 1. The summed E-state index contributed by atoms with van der Waals surface area (Å²) < 4.78 is 5.61. The van der Waals surface area contributed by atoms with Crippen LogP contribution in [0.15, 0.2) is 60.7 Å². The highest BCUT2D eigenvalue weighted by Crippen LogP contribution is 2.32. The van der Waals surface area contributed by atoms with Crippen molar-refractivity contribution in [3.05, 3.63) is 66.2 Å². The van der Waals surface area contributed by atoms with E-state index in [4.69, 9.17) is 4.74 Å². The van der Waals surface area contributed by atoms with Crippen molar-refractivity contribution in [2.24, 2.45) is 0 Å². The van der Waals surface area contributed by atoms with E-state index in [0.717, 1.165) is 82.4 Å². The van der Waals surface area contributed by atoms with E-state index in [1.165, 1.54) is 16.3 Å². The number of rotatable bonds is 6. The number of methoxy groups -OCH3 is 1. The highest BCUT2D eigenvalue weighted by Gasteiger charge is 2.22. The number of nitrogens with one attached hydrogen (secondary N) is 1. The average molecular weight is 488 g/mol. The van der Waals surface area contributed by atoms with Crippen molar-refractivity contribution < 1.29 is 9.53 Å². The van der Waals surface area contributed by atoms with E-state index >= 15 is 0 Å². The lowest BCUT2D eigenvalue weighted by atomic mass is 10.0. The number of benzene rings is 3. The minimum atomic E-state index is -0.0294. The summed E-state index contributed by atoms with van der Waals surface area (Å²) >= 11 is 0. The normalized spacial score (nSPS) is 17.4. The molecule has 0 aliphatic carbocycles. The van der Waals surface area contributed by atoms with Gasteiger partial charge >= 0.3 is 6.03 Å². The monoisotopic (exact) mass is 487 g/mol. The summed E-state index contributed by atoms with van der Waals surface area (Å²) in [5, 5.41) is 5.76. The summed E-state index contributed by atoms with van der Waals surface area (Å²) in [4.78, 5) is 22.1. The van der Waals surface area contributed by atoms with E-state index in [9.17, 15) is 4.79 Å². The van der Waals surface area contributed by atoms with Gasteiger partial charge in [0.05, 0.1) is 12.8 Å². The molecule has 0 saturated carbocycles. The Bertz CT molecular complexity index is 1180. The van der Waals surface area contributed by atoms with Crippen molar-refractivity contribution in [2.75, 3.05) is 83.3 Å². The first kappa shape index (κ1) is 24.4. The fourth-order valence-electron chi connectivity index (χ4n) is 5.23. The molecule has 0 radical (unpaired) electrons. The molecular formula is C29H37N5O2. The third kappa shape index (κ3) is 5.58. The largest absolute Gasteiger partial charge is 0.495 e. The molecule has 7 heteroatoms. The lowest BCUT2D eigenvalue weighted by molar-refractivity contribution is 0.148. The third-order valence-electron chi connectivity index (χ3n) is 7.51. The predicted molar refractivity (Wildman–Crippen MR) is 147 cm³/mol. The van der Waals surface area contributed by atoms with Gasteiger partial charge in [-0.3, -0.25) is 4.90 Å². The minimum Gasteiger partial charge on any atom is -0.495 e. The van der Waals surface area contributed by atoms with Crippen LogP contribution in [0.4, 0.5) is 16.2 Å². The first-order valence-electron chi connectivity index (χ1n) is 13.0. The molecule has 2 fully saturated rings. The number of carbonyl (C=O) groups excluding carboxylic acids is 1. The van der Waals surface area contributed by atoms with Gasteiger partial charge in [0.15, 0.2) is 0 Å². The second-order valence-electron chi connectivity index (χ2n) is 9.82. The first-order chi connectivity index (χ1) is 17.6. The van der Waals surface area contributed by atoms with Gasteiger partial charge in [-0.15, -0.1) is 0 Å². The number of hydrogen-bond acceptors (Lipinski definition) is 5. The summed E-state index contributed by atoms with van der Waals surface area (Å²) in [5.74, 6) is 0.845. The summed E-state index contributed by atoms with van der Waals surface area (Å²) in [5.41, 5.74) is 3.25. The van der Waals surface area contributed by atoms with E-state index < -0.39 is 0 Å². The second-order valence-corrected chi connectivity index (χ2v) is 9.82. The number of ether oxygens (including phenoxy) is 1. The van der Waals surface area contributed by atoms with Crippen LogP contribution in [0.2, 0.25) is 0 Å². The van der Waals surface area contributed by atoms with Crippen molar-refractivity contribution in [2.45, 2.75) is 6.42 Å². The van der Waals surface area contributed by atoms with Crippen LogP contribution in [0.1, 0.15) is 5.56 Å². The van der Waals surface area contributed by atoms with Gasteiger partial charge in [0.1, 0.15) is 5.75 Å². The highest BCUT2D eigenvalue weighted by molar-refractivity contribution is 5.90. The van der Waals surface area contributed by atoms with Gasteiger partial charge in [-0.25, -0.2) is 4.79 Å². The molecule has 0 bridgehead atoms. The Labute approximate surface area is 214 Å². The Morgan fingerprint density at radius 1 is 0.889 bits per heavy atom. The maximum Gasteiger partial charge on any atom is 0.321 e. The van der Waals surface area contributed by atoms with Gasteiger partial charge in [0.25, 0.3) is 0 Å². The number of amides is 2. The lowest BCUT2D eigenvalue weighted by Crippen LogP contribution is -2.50. The van der Waals surface area contributed by atoms with Crippen LogP contribution < -0.4 is 15.0 Å². The molecule has 36 heavy (non-hydrogen) atoms. The molecule has 7 nitrogen and oxygen atoms in total. The molecule has 1 N–H and O–H groups in total. The summed E-state index contributed by atoms with van der Waals surface area (Å²) in [6.45, 7) is 8.22. The van der Waals surface area contributed by atoms with Gasteiger partial charge in [-0.1, -0.05) is 42.5 Å². The number of anilines is 2. The van der Waals surface area contributed by atoms with E-state index in [2.05, 4.69) is 69.5 Å². The number of piperazine rings is 2. The number of nitrogens with zero attached hydrogens (tertiary/aromatic N) is 4. The Morgan fingerprint density at radius 3 is 2.42 bits per heavy atom. The van der Waals surface area contributed by atoms with Crippen LogP contribution in [0.25, 0.3) is 10.8 Å². The van der Waals surface area contributed by atoms with Gasteiger partial charge < -0.3 is 24.8 Å². The van der Waals surface area contributed by atoms with Crippen molar-refractivity contribution in [1.29, 1.82) is 0 Å². The standard InChI is InChI=1S/C29H37N5O2/c1-31-14-18-33(19-15-31)27-22-25(10-11-28(27)36-2)30-29(35)34-20-16-32(17-21-34)13-12-24-8-5-7-23-6-3-4-9-26(23)24/h3-11,22H,12-21H2,1-2H3,(H,30,35). The zero-order chi connectivity index (χ0) is 24.9. The molecule has 2 saturated heterocycles. The molecule has 3 aromatic carbocycles. The Morgan fingerprint density at radius 2 is 1.64 bits per heavy atom. The van der Waals surface area contributed by atoms with Crippen molar-refractivity contribution in [1.82, 2.24) is 14.7 Å². The smallest absolute Gasteiger partial charge is 0.321 e. The molecule has 190 valence electrons. The van der Waals surface area contributed by atoms with Crippen LogP contribution in [0.5, 0.6) is 5.75 Å². The Kier molecular flexibility index (Phi) is 7.58. The molecular weight excluding hydrogens is 450 g/mol. The van der Waals surface area contributed by atoms with Crippen molar-refractivity contribution >= 4 is 28.2 Å². The first-order valence-corrected chi connectivity index (χ1v) is 13.0. The lowest BCUT2D eigenvalue weighted by Gasteiger charge is -2.35. The minimum absolute atomic E-state index is 0.0294. The molecule has 2 aliphatic rings. The van der Waals surface area contributed by atoms with E-state index in [0.29, 0.717) is 0 Å². The van der Waals surface area contributed by atoms with Gasteiger partial charge in [-0.2, -0.15) is 0 Å². The SMILES string of the molecule is COc1ccc(NC(=O)N2CCN(CCc3cccc4ccccc34)CC2)cc1N1CCN(C)CC1. The van der Waals surface area contributed by atoms with Crippen LogP contribution in [0, 0.1) is 0 Å². The van der Waals surface area contributed by atoms with E-state index in [1.807, 2.05) is 23.1 Å². The molecule has 0 atom stereocenters. The van der Waals surface area contributed by atoms with E-state index in [1.54, 1.807) is 7.11 Å². The molecule has 2 amide bonds. The molecule has 5 rings (SSSR count). The topological polar surface area (TPSA) is 51.3 Å². The maximum atomic E-state index is 13.0. The van der Waals surface area contributed by atoms with Gasteiger partial charge in [-0.05, 0) is 48.0 Å². The second kappa shape index (κ2) is 11.2. The van der Waals surface area contributed by atoms with Crippen LogP contribution >= 0.6 is 0 Å². The molecule has 3 aromatic rings. The van der Waals surface area contributed by atoms with Crippen LogP contribution in [-0.2, 0) is 6.42 Å². The summed E-state index contributed by atoms with van der Waals surface area (Å²) in [6, 6.07) is 21.0. The Balaban J connectivity index is 1.14. The molecule has 0 spiro atoms. The molecule has 2 heterocycles. The van der Waals surface area contributed by atoms with E-state index in [-0.39, 0.29) is 6.03 Å². The van der Waals surface area contributed by atoms with Crippen molar-refractivity contribution in [3.63, 3.8) is 0 Å². The van der Waals surface area contributed by atoms with Crippen LogP contribution in [0.3, 0.4) is 0 Å². The predicted octanol–water partition coefficient (Wildman–Crippen LogP) is 3.99. The average Bonchev–Trinajstić information content (AvgIpc) is 2.92. The fraction of sp³-hybridized carbons (Fsp3) is 0.414. The number of hydrogen-bond donors (Lipinski definition) is 1. The van der Waals surface area contributed by atoms with Crippen LogP contribution in [-0.4, -0.2) is 93.8 Å². The zero-order valence-electron chi connectivity index (χ0n) is 21.4. The fourth-order valence-corrected chi connectivity index (χ4v) is 5.23. The maximum absolute atomic E-state index is 13.0. The Hall–Kier alpha value is -3.29. The molecule has 0 unspecified atom stereocenters. The summed E-state index contributed by atoms with van der Waals surface area (Å²) in [6.07, 6.45) is 1.02. The zero-order valence-corrected chi connectivity index (χ0v) is 21.4. The van der Waals surface area contributed by atoms with Gasteiger partial charge in [0.2, 0.25) is 0 Å². The quantitative estimate of drug-likeness (QED) is 0.570.